The van der Waals surface area contributed by atoms with Crippen molar-refractivity contribution < 1.29 is 14.3 Å². The fraction of sp³-hybridized carbons (Fsp3) is 0.833. The zero-order valence-corrected chi connectivity index (χ0v) is 15.9. The smallest absolute Gasteiger partial charge is 0.339 e. The minimum atomic E-state index is -0.451. The lowest BCUT2D eigenvalue weighted by Crippen LogP contribution is -2.60. The first kappa shape index (κ1) is 17.3. The second-order valence-electron chi connectivity index (χ2n) is 7.02. The summed E-state index contributed by atoms with van der Waals surface area (Å²) in [5.74, 6) is 3.14. The van der Waals surface area contributed by atoms with Gasteiger partial charge in [0.05, 0.1) is 19.3 Å². The van der Waals surface area contributed by atoms with Gasteiger partial charge in [0.2, 0.25) is 0 Å². The van der Waals surface area contributed by atoms with Crippen LogP contribution >= 0.6 is 23.5 Å². The molecular weight excluding hydrogens is 342 g/mol. The molecule has 2 saturated heterocycles. The Balaban J connectivity index is 1.74. The minimum absolute atomic E-state index is 0.00742. The number of hydrogen-bond donors (Lipinski definition) is 0. The van der Waals surface area contributed by atoms with E-state index < -0.39 is 4.08 Å². The summed E-state index contributed by atoms with van der Waals surface area (Å²) in [7, 11) is 0. The van der Waals surface area contributed by atoms with Gasteiger partial charge in [-0.25, -0.2) is 4.79 Å². The van der Waals surface area contributed by atoms with Crippen LogP contribution in [0.15, 0.2) is 11.3 Å². The molecule has 1 aliphatic carbocycles. The quantitative estimate of drug-likeness (QED) is 0.660. The third-order valence-electron chi connectivity index (χ3n) is 5.48. The van der Waals surface area contributed by atoms with Gasteiger partial charge in [0.1, 0.15) is 5.76 Å². The van der Waals surface area contributed by atoms with Crippen LogP contribution in [0.3, 0.4) is 0 Å². The van der Waals surface area contributed by atoms with Gasteiger partial charge in [-0.3, -0.25) is 4.90 Å². The second-order valence-corrected chi connectivity index (χ2v) is 9.96. The Morgan fingerprint density at radius 2 is 1.67 bits per heavy atom. The van der Waals surface area contributed by atoms with E-state index in [-0.39, 0.29) is 12.0 Å². The van der Waals surface area contributed by atoms with Crippen molar-refractivity contribution in [1.29, 1.82) is 0 Å². The van der Waals surface area contributed by atoms with Gasteiger partial charge in [0.25, 0.3) is 0 Å². The molecule has 0 amide bonds. The van der Waals surface area contributed by atoms with Crippen molar-refractivity contribution in [3.05, 3.63) is 11.3 Å². The van der Waals surface area contributed by atoms with Crippen molar-refractivity contribution >= 4 is 29.5 Å². The molecule has 1 unspecified atom stereocenters. The molecule has 0 radical (unpaired) electrons. The Labute approximate surface area is 153 Å². The maximum absolute atomic E-state index is 13.1. The largest absolute Gasteiger partial charge is 0.429 e. The molecule has 0 bridgehead atoms. The molecule has 4 rings (SSSR count). The average Bonchev–Trinajstić information content (AvgIpc) is 2.61. The van der Waals surface area contributed by atoms with Crippen LogP contribution in [0.4, 0.5) is 0 Å². The van der Waals surface area contributed by atoms with Gasteiger partial charge in [-0.05, 0) is 42.8 Å². The summed E-state index contributed by atoms with van der Waals surface area (Å²) in [6, 6.07) is 0.200. The van der Waals surface area contributed by atoms with Gasteiger partial charge in [-0.1, -0.05) is 12.8 Å². The third kappa shape index (κ3) is 3.15. The Bertz CT molecular complexity index is 510. The number of allylic oxidation sites excluding steroid dienone is 1. The van der Waals surface area contributed by atoms with Crippen molar-refractivity contribution in [3.8, 4) is 0 Å². The summed E-state index contributed by atoms with van der Waals surface area (Å²) >= 11 is 3.67. The molecule has 4 nitrogen and oxygen atoms in total. The van der Waals surface area contributed by atoms with E-state index in [4.69, 9.17) is 9.47 Å². The van der Waals surface area contributed by atoms with Gasteiger partial charge in [-0.15, -0.1) is 23.5 Å². The molecule has 0 aromatic rings. The minimum Gasteiger partial charge on any atom is -0.429 e. The first-order valence-electron chi connectivity index (χ1n) is 9.35. The Morgan fingerprint density at radius 1 is 0.958 bits per heavy atom. The summed E-state index contributed by atoms with van der Waals surface area (Å²) in [5, 5.41) is 0. The fourth-order valence-electron chi connectivity index (χ4n) is 4.30. The summed E-state index contributed by atoms with van der Waals surface area (Å²) in [6.45, 7) is 3.41. The van der Waals surface area contributed by atoms with E-state index in [1.54, 1.807) is 0 Å². The summed E-state index contributed by atoms with van der Waals surface area (Å²) in [6.07, 6.45) is 8.14. The lowest BCUT2D eigenvalue weighted by atomic mass is 9.88. The van der Waals surface area contributed by atoms with Crippen LogP contribution in [0, 0.1) is 0 Å². The van der Waals surface area contributed by atoms with Crippen molar-refractivity contribution in [1.82, 2.24) is 4.90 Å². The topological polar surface area (TPSA) is 38.8 Å². The second kappa shape index (κ2) is 7.60. The Morgan fingerprint density at radius 3 is 2.42 bits per heavy atom. The molecule has 24 heavy (non-hydrogen) atoms. The Kier molecular flexibility index (Phi) is 5.47. The van der Waals surface area contributed by atoms with Crippen molar-refractivity contribution in [3.63, 3.8) is 0 Å². The highest BCUT2D eigenvalue weighted by Crippen LogP contribution is 2.53. The molecule has 0 saturated carbocycles. The van der Waals surface area contributed by atoms with Gasteiger partial charge < -0.3 is 9.47 Å². The van der Waals surface area contributed by atoms with Crippen LogP contribution in [0.5, 0.6) is 0 Å². The molecular formula is C18H27NO3S2. The van der Waals surface area contributed by atoms with E-state index in [0.29, 0.717) is 0 Å². The number of rotatable bonds is 1. The average molecular weight is 370 g/mol. The molecule has 134 valence electrons. The molecule has 3 heterocycles. The molecule has 0 N–H and O–H groups in total. The predicted molar refractivity (Wildman–Crippen MR) is 99.3 cm³/mol. The summed E-state index contributed by atoms with van der Waals surface area (Å²) < 4.78 is 11.1. The highest BCUT2D eigenvalue weighted by atomic mass is 32.2. The number of nitrogens with zero attached hydrogens (tertiary/aromatic N) is 1. The molecule has 3 aliphatic heterocycles. The number of morpholine rings is 1. The van der Waals surface area contributed by atoms with E-state index >= 15 is 0 Å². The Hall–Kier alpha value is -0.170. The maximum atomic E-state index is 13.1. The lowest BCUT2D eigenvalue weighted by molar-refractivity contribution is -0.143. The molecule has 2 fully saturated rings. The first-order chi connectivity index (χ1) is 11.8. The van der Waals surface area contributed by atoms with Gasteiger partial charge in [0, 0.05) is 19.5 Å². The van der Waals surface area contributed by atoms with E-state index in [1.165, 1.54) is 31.3 Å². The predicted octanol–water partition coefficient (Wildman–Crippen LogP) is 3.42. The van der Waals surface area contributed by atoms with E-state index in [2.05, 4.69) is 4.90 Å². The van der Waals surface area contributed by atoms with Gasteiger partial charge >= 0.3 is 5.97 Å². The van der Waals surface area contributed by atoms with Crippen molar-refractivity contribution in [2.75, 3.05) is 37.8 Å². The van der Waals surface area contributed by atoms with Gasteiger partial charge in [-0.2, -0.15) is 0 Å². The number of carbonyl (C=O) groups excluding carboxylic acids is 1. The number of hydrogen-bond acceptors (Lipinski definition) is 6. The van der Waals surface area contributed by atoms with Gasteiger partial charge in [0.15, 0.2) is 4.08 Å². The standard InChI is InChI=1S/C18H27NO3S2/c20-17-18(23-12-5-13-24-18)16(19-8-10-21-11-9-19)14-6-3-1-2-4-7-15(14)22-17/h16H,1-13H2. The summed E-state index contributed by atoms with van der Waals surface area (Å²) in [5.41, 5.74) is 1.43. The molecule has 4 aliphatic rings. The highest BCUT2D eigenvalue weighted by molar-refractivity contribution is 8.20. The van der Waals surface area contributed by atoms with Crippen molar-refractivity contribution in [2.45, 2.75) is 55.1 Å². The fourth-order valence-corrected chi connectivity index (χ4v) is 7.72. The van der Waals surface area contributed by atoms with E-state index in [9.17, 15) is 4.79 Å². The molecule has 0 aromatic carbocycles. The SMILES string of the molecule is O=C1OC2=C(CCCCCC2)C(N2CCOCC2)C12SCCCS2. The molecule has 1 spiro atoms. The molecule has 6 heteroatoms. The normalized spacial score (nSPS) is 32.0. The molecule has 0 aromatic heterocycles. The van der Waals surface area contributed by atoms with Crippen LogP contribution in [-0.4, -0.2) is 58.8 Å². The van der Waals surface area contributed by atoms with Crippen molar-refractivity contribution in [2.24, 2.45) is 0 Å². The van der Waals surface area contributed by atoms with E-state index in [0.717, 1.165) is 62.8 Å². The van der Waals surface area contributed by atoms with E-state index in [1.807, 2.05) is 23.5 Å². The first-order valence-corrected chi connectivity index (χ1v) is 11.3. The molecule has 1 atom stereocenters. The number of esters is 1. The van der Waals surface area contributed by atoms with Crippen LogP contribution in [0.2, 0.25) is 0 Å². The summed E-state index contributed by atoms with van der Waals surface area (Å²) in [4.78, 5) is 15.6. The lowest BCUT2D eigenvalue weighted by Gasteiger charge is -2.50. The number of ether oxygens (including phenoxy) is 2. The third-order valence-corrected chi connectivity index (χ3v) is 8.81. The zero-order valence-electron chi connectivity index (χ0n) is 14.3. The van der Waals surface area contributed by atoms with Crippen LogP contribution in [-0.2, 0) is 14.3 Å². The number of carbonyl (C=O) groups is 1. The van der Waals surface area contributed by atoms with Crippen LogP contribution in [0.1, 0.15) is 44.9 Å². The highest BCUT2D eigenvalue weighted by Gasteiger charge is 2.56. The van der Waals surface area contributed by atoms with Crippen LogP contribution < -0.4 is 0 Å². The maximum Gasteiger partial charge on any atom is 0.339 e. The van der Waals surface area contributed by atoms with Crippen LogP contribution in [0.25, 0.3) is 0 Å². The monoisotopic (exact) mass is 369 g/mol. The zero-order chi connectivity index (χ0) is 16.4. The number of thioether (sulfide) groups is 2.